The molecule has 35 heavy (non-hydrogen) atoms. The summed E-state index contributed by atoms with van der Waals surface area (Å²) >= 11 is 0. The number of aryl methyl sites for hydroxylation is 1. The highest BCUT2D eigenvalue weighted by atomic mass is 16.5. The Morgan fingerprint density at radius 1 is 1.03 bits per heavy atom. The fraction of sp³-hybridized carbons (Fsp3) is 0.214. The number of carbonyl (C=O) groups excluding carboxylic acids is 3. The van der Waals surface area contributed by atoms with E-state index >= 15 is 0 Å². The quantitative estimate of drug-likeness (QED) is 0.235. The molecule has 0 saturated carbocycles. The number of pyridine rings is 1. The number of Topliss-reactive ketones (excluding diaryl/α,β-unsaturated/α-hetero) is 1. The van der Waals surface area contributed by atoms with Gasteiger partial charge in [-0.3, -0.25) is 14.6 Å². The van der Waals surface area contributed by atoms with Gasteiger partial charge in [-0.15, -0.1) is 0 Å². The average molecular weight is 471 g/mol. The number of benzene rings is 2. The summed E-state index contributed by atoms with van der Waals surface area (Å²) in [4.78, 5) is 43.8. The smallest absolute Gasteiger partial charge is 0.338 e. The zero-order chi connectivity index (χ0) is 24.9. The molecular formula is C28H26N2O5. The van der Waals surface area contributed by atoms with Gasteiger partial charge in [-0.1, -0.05) is 48.9 Å². The molecule has 1 aromatic heterocycles. The summed E-state index contributed by atoms with van der Waals surface area (Å²) in [6.45, 7) is 4.32. The van der Waals surface area contributed by atoms with Gasteiger partial charge in [0.1, 0.15) is 5.76 Å². The number of amides is 1. The van der Waals surface area contributed by atoms with Crippen LogP contribution in [0.5, 0.6) is 0 Å². The van der Waals surface area contributed by atoms with Crippen LogP contribution in [0.3, 0.4) is 0 Å². The molecule has 0 spiro atoms. The zero-order valence-electron chi connectivity index (χ0n) is 19.6. The summed E-state index contributed by atoms with van der Waals surface area (Å²) in [7, 11) is 0. The molecule has 0 radical (unpaired) electrons. The lowest BCUT2D eigenvalue weighted by Gasteiger charge is -2.26. The zero-order valence-corrected chi connectivity index (χ0v) is 19.6. The first-order chi connectivity index (χ1) is 16.9. The second kappa shape index (κ2) is 10.3. The van der Waals surface area contributed by atoms with Crippen LogP contribution in [0.1, 0.15) is 52.0 Å². The lowest BCUT2D eigenvalue weighted by Crippen LogP contribution is -2.29. The van der Waals surface area contributed by atoms with E-state index in [1.54, 1.807) is 36.4 Å². The molecular weight excluding hydrogens is 444 g/mol. The van der Waals surface area contributed by atoms with Gasteiger partial charge in [-0.05, 0) is 48.7 Å². The second-order valence-corrected chi connectivity index (χ2v) is 8.41. The predicted molar refractivity (Wildman–Crippen MR) is 130 cm³/mol. The summed E-state index contributed by atoms with van der Waals surface area (Å²) in [5.74, 6) is -2.09. The first-order valence-corrected chi connectivity index (χ1v) is 11.4. The lowest BCUT2D eigenvalue weighted by atomic mass is 9.94. The lowest BCUT2D eigenvalue weighted by molar-refractivity contribution is -0.140. The highest BCUT2D eigenvalue weighted by Gasteiger charge is 2.46. The van der Waals surface area contributed by atoms with Crippen LogP contribution in [-0.2, 0) is 20.9 Å². The Kier molecular flexibility index (Phi) is 7.06. The third kappa shape index (κ3) is 4.99. The fourth-order valence-electron chi connectivity index (χ4n) is 4.12. The molecule has 1 atom stereocenters. The summed E-state index contributed by atoms with van der Waals surface area (Å²) in [5.41, 5.74) is 3.28. The van der Waals surface area contributed by atoms with Crippen molar-refractivity contribution >= 4 is 23.4 Å². The van der Waals surface area contributed by atoms with Gasteiger partial charge < -0.3 is 14.7 Å². The van der Waals surface area contributed by atoms with E-state index in [1.165, 1.54) is 17.3 Å². The number of likely N-dealkylation sites (tertiary alicyclic amines) is 1. The molecule has 1 N–H and O–H groups in total. The summed E-state index contributed by atoms with van der Waals surface area (Å²) in [6, 6.07) is 16.7. The molecule has 0 aliphatic carbocycles. The highest BCUT2D eigenvalue weighted by molar-refractivity contribution is 6.46. The van der Waals surface area contributed by atoms with Crippen molar-refractivity contribution in [3.05, 3.63) is 106 Å². The third-order valence-corrected chi connectivity index (χ3v) is 5.83. The number of nitrogens with zero attached hydrogens (tertiary/aromatic N) is 2. The predicted octanol–water partition coefficient (Wildman–Crippen LogP) is 4.58. The molecule has 1 unspecified atom stereocenters. The van der Waals surface area contributed by atoms with E-state index in [1.807, 2.05) is 38.1 Å². The van der Waals surface area contributed by atoms with Crippen molar-refractivity contribution in [2.75, 3.05) is 6.61 Å². The number of aromatic nitrogens is 1. The minimum atomic E-state index is -0.766. The topological polar surface area (TPSA) is 96.8 Å². The van der Waals surface area contributed by atoms with Gasteiger partial charge >= 0.3 is 5.97 Å². The summed E-state index contributed by atoms with van der Waals surface area (Å²) < 4.78 is 5.16. The van der Waals surface area contributed by atoms with Gasteiger partial charge in [0.05, 0.1) is 23.8 Å². The van der Waals surface area contributed by atoms with Crippen LogP contribution in [-0.4, -0.2) is 39.3 Å². The number of aliphatic hydroxyl groups excluding tert-OH is 1. The first kappa shape index (κ1) is 23.9. The Balaban J connectivity index is 1.72. The van der Waals surface area contributed by atoms with Gasteiger partial charge in [-0.25, -0.2) is 4.79 Å². The standard InChI is InChI=1S/C28H26N2O5/c1-3-15-35-28(34)21-9-7-19(8-10-21)17-30-24(22-6-4-5-18(2)16-22)23(26(32)27(30)33)25(31)20-11-13-29-14-12-20/h4-14,16,24,31H,3,15,17H2,1-2H3/b25-23+. The van der Waals surface area contributed by atoms with Crippen molar-refractivity contribution in [1.29, 1.82) is 0 Å². The number of rotatable bonds is 7. The van der Waals surface area contributed by atoms with E-state index in [9.17, 15) is 19.5 Å². The van der Waals surface area contributed by atoms with Crippen LogP contribution in [0.4, 0.5) is 0 Å². The van der Waals surface area contributed by atoms with Gasteiger partial charge in [0, 0.05) is 24.5 Å². The molecule has 4 rings (SSSR count). The maximum absolute atomic E-state index is 13.2. The number of esters is 1. The Labute approximate surface area is 203 Å². The molecule has 1 amide bonds. The van der Waals surface area contributed by atoms with Crippen LogP contribution >= 0.6 is 0 Å². The number of ketones is 1. The number of hydrogen-bond acceptors (Lipinski definition) is 6. The SMILES string of the molecule is CCCOC(=O)c1ccc(CN2C(=O)C(=O)/C(=C(/O)c3ccncc3)C2c2cccc(C)c2)cc1. The molecule has 1 aliphatic heterocycles. The summed E-state index contributed by atoms with van der Waals surface area (Å²) in [5, 5.41) is 11.1. The van der Waals surface area contributed by atoms with Crippen LogP contribution < -0.4 is 0 Å². The van der Waals surface area contributed by atoms with E-state index < -0.39 is 23.7 Å². The van der Waals surface area contributed by atoms with Gasteiger partial charge in [0.25, 0.3) is 11.7 Å². The van der Waals surface area contributed by atoms with Crippen molar-refractivity contribution < 1.29 is 24.2 Å². The molecule has 2 heterocycles. The summed E-state index contributed by atoms with van der Waals surface area (Å²) in [6.07, 6.45) is 3.76. The van der Waals surface area contributed by atoms with Gasteiger partial charge in [-0.2, -0.15) is 0 Å². The van der Waals surface area contributed by atoms with Crippen LogP contribution in [0.15, 0.2) is 78.6 Å². The van der Waals surface area contributed by atoms with E-state index in [4.69, 9.17) is 4.74 Å². The minimum Gasteiger partial charge on any atom is -0.507 e. The van der Waals surface area contributed by atoms with E-state index in [0.717, 1.165) is 23.1 Å². The third-order valence-electron chi connectivity index (χ3n) is 5.83. The van der Waals surface area contributed by atoms with Crippen molar-refractivity contribution in [1.82, 2.24) is 9.88 Å². The Morgan fingerprint density at radius 2 is 1.74 bits per heavy atom. The molecule has 7 nitrogen and oxygen atoms in total. The molecule has 1 saturated heterocycles. The molecule has 7 heteroatoms. The molecule has 2 aromatic carbocycles. The largest absolute Gasteiger partial charge is 0.507 e. The highest BCUT2D eigenvalue weighted by Crippen LogP contribution is 2.40. The number of ether oxygens (including phenoxy) is 1. The number of carbonyl (C=O) groups is 3. The maximum atomic E-state index is 13.2. The number of aliphatic hydroxyl groups is 1. The van der Waals surface area contributed by atoms with Gasteiger partial charge in [0.15, 0.2) is 0 Å². The van der Waals surface area contributed by atoms with E-state index in [2.05, 4.69) is 4.98 Å². The second-order valence-electron chi connectivity index (χ2n) is 8.41. The van der Waals surface area contributed by atoms with Crippen molar-refractivity contribution in [3.8, 4) is 0 Å². The van der Waals surface area contributed by atoms with Crippen molar-refractivity contribution in [2.24, 2.45) is 0 Å². The van der Waals surface area contributed by atoms with Crippen LogP contribution in [0, 0.1) is 6.92 Å². The van der Waals surface area contributed by atoms with E-state index in [0.29, 0.717) is 17.7 Å². The molecule has 1 aliphatic rings. The monoisotopic (exact) mass is 470 g/mol. The minimum absolute atomic E-state index is 0.0339. The average Bonchev–Trinajstić information content (AvgIpc) is 3.12. The molecule has 1 fully saturated rings. The van der Waals surface area contributed by atoms with Crippen molar-refractivity contribution in [3.63, 3.8) is 0 Å². The first-order valence-electron chi connectivity index (χ1n) is 11.4. The molecule has 3 aromatic rings. The normalized spacial score (nSPS) is 17.0. The van der Waals surface area contributed by atoms with E-state index in [-0.39, 0.29) is 17.9 Å². The Hall–Kier alpha value is -4.26. The fourth-order valence-corrected chi connectivity index (χ4v) is 4.12. The number of hydrogen-bond donors (Lipinski definition) is 1. The Bertz CT molecular complexity index is 1280. The van der Waals surface area contributed by atoms with Crippen molar-refractivity contribution in [2.45, 2.75) is 32.9 Å². The van der Waals surface area contributed by atoms with Crippen LogP contribution in [0.25, 0.3) is 5.76 Å². The van der Waals surface area contributed by atoms with Crippen LogP contribution in [0.2, 0.25) is 0 Å². The molecule has 0 bridgehead atoms. The molecule has 178 valence electrons. The Morgan fingerprint density at radius 3 is 2.40 bits per heavy atom. The maximum Gasteiger partial charge on any atom is 0.338 e. The van der Waals surface area contributed by atoms with Gasteiger partial charge in [0.2, 0.25) is 0 Å².